The van der Waals surface area contributed by atoms with Gasteiger partial charge in [0, 0.05) is 11.4 Å². The molecule has 1 N–H and O–H groups in total. The van der Waals surface area contributed by atoms with Crippen molar-refractivity contribution in [1.82, 2.24) is 14.8 Å². The molecular weight excluding hydrogens is 508 g/mol. The van der Waals surface area contributed by atoms with Gasteiger partial charge in [-0.1, -0.05) is 35.5 Å². The maximum absolute atomic E-state index is 12.9. The smallest absolute Gasteiger partial charge is 0.341 e. The van der Waals surface area contributed by atoms with Crippen molar-refractivity contribution in [2.75, 3.05) is 11.1 Å². The van der Waals surface area contributed by atoms with Gasteiger partial charge in [0.15, 0.2) is 11.0 Å². The van der Waals surface area contributed by atoms with Crippen LogP contribution in [0.2, 0.25) is 0 Å². The molecule has 0 radical (unpaired) electrons. The Morgan fingerprint density at radius 3 is 2.70 bits per heavy atom. The van der Waals surface area contributed by atoms with Gasteiger partial charge in [0.1, 0.15) is 17.4 Å². The molecule has 1 aliphatic rings. The monoisotopic (exact) mass is 540 g/mol. The van der Waals surface area contributed by atoms with E-state index in [2.05, 4.69) is 22.1 Å². The number of nitrogens with one attached hydrogen (secondary N) is 1. The molecule has 0 fully saturated rings. The van der Waals surface area contributed by atoms with E-state index in [9.17, 15) is 9.59 Å². The second-order valence-corrected chi connectivity index (χ2v) is 11.2. The first-order chi connectivity index (χ1) is 17.9. The van der Waals surface area contributed by atoms with E-state index in [-0.39, 0.29) is 30.3 Å². The molecule has 3 aromatic rings. The molecule has 0 saturated carbocycles. The highest BCUT2D eigenvalue weighted by atomic mass is 32.2. The van der Waals surface area contributed by atoms with Gasteiger partial charge in [-0.2, -0.15) is 0 Å². The number of hydrogen-bond donors (Lipinski definition) is 1. The molecule has 0 spiro atoms. The number of fused-ring (bicyclic) bond motifs is 1. The number of ether oxygens (including phenoxy) is 2. The molecule has 37 heavy (non-hydrogen) atoms. The Hall–Kier alpha value is -3.11. The fourth-order valence-corrected chi connectivity index (χ4v) is 6.12. The van der Waals surface area contributed by atoms with Crippen LogP contribution in [0.5, 0.6) is 5.75 Å². The molecule has 0 atom stereocenters. The van der Waals surface area contributed by atoms with Crippen LogP contribution in [0.1, 0.15) is 58.9 Å². The molecule has 1 aliphatic carbocycles. The lowest BCUT2D eigenvalue weighted by Crippen LogP contribution is -2.19. The summed E-state index contributed by atoms with van der Waals surface area (Å²) in [5.41, 5.74) is 2.69. The van der Waals surface area contributed by atoms with Gasteiger partial charge in [0.2, 0.25) is 5.91 Å². The summed E-state index contributed by atoms with van der Waals surface area (Å²) in [6, 6.07) is 7.80. The van der Waals surface area contributed by atoms with Crippen LogP contribution in [0.4, 0.5) is 5.00 Å². The predicted octanol–water partition coefficient (Wildman–Crippen LogP) is 5.59. The maximum atomic E-state index is 12.9. The van der Waals surface area contributed by atoms with Crippen molar-refractivity contribution in [1.29, 1.82) is 0 Å². The summed E-state index contributed by atoms with van der Waals surface area (Å²) in [6.07, 6.45) is 5.40. The van der Waals surface area contributed by atoms with Crippen LogP contribution in [0.25, 0.3) is 0 Å². The lowest BCUT2D eigenvalue weighted by atomic mass is 9.95. The first-order valence-corrected chi connectivity index (χ1v) is 14.2. The number of carbonyl (C=O) groups excluding carboxylic acids is 2. The van der Waals surface area contributed by atoms with E-state index in [1.54, 1.807) is 6.08 Å². The van der Waals surface area contributed by atoms with Crippen LogP contribution in [0.3, 0.4) is 0 Å². The third-order valence-corrected chi connectivity index (χ3v) is 7.97. The molecule has 0 bridgehead atoms. The van der Waals surface area contributed by atoms with E-state index in [1.165, 1.54) is 23.1 Å². The Balaban J connectivity index is 1.42. The van der Waals surface area contributed by atoms with Crippen molar-refractivity contribution in [2.24, 2.45) is 0 Å². The van der Waals surface area contributed by atoms with E-state index in [4.69, 9.17) is 9.47 Å². The number of esters is 1. The van der Waals surface area contributed by atoms with Gasteiger partial charge in [0.05, 0.1) is 17.4 Å². The maximum Gasteiger partial charge on any atom is 0.341 e. The highest BCUT2D eigenvalue weighted by Crippen LogP contribution is 2.39. The van der Waals surface area contributed by atoms with Crippen molar-refractivity contribution in [3.63, 3.8) is 0 Å². The van der Waals surface area contributed by atoms with Gasteiger partial charge in [-0.15, -0.1) is 28.1 Å². The number of allylic oxidation sites excluding steroid dienone is 1. The molecule has 10 heteroatoms. The standard InChI is InChI=1S/C27H32N4O4S2/c1-5-14-31-22(15-34-19-12-10-18(4)11-13-19)29-30-27(31)36-16-23(32)28-25-24(26(33)35-17(2)3)20-8-6-7-9-21(20)37-25/h5,10-13,17H,1,6-9,14-16H2,2-4H3,(H,28,32). The number of benzene rings is 1. The van der Waals surface area contributed by atoms with Crippen molar-refractivity contribution in [3.8, 4) is 5.75 Å². The molecule has 4 rings (SSSR count). The van der Waals surface area contributed by atoms with Crippen molar-refractivity contribution >= 4 is 40.0 Å². The predicted molar refractivity (Wildman–Crippen MR) is 147 cm³/mol. The molecule has 8 nitrogen and oxygen atoms in total. The molecule has 0 saturated heterocycles. The van der Waals surface area contributed by atoms with E-state index >= 15 is 0 Å². The molecule has 1 aromatic carbocycles. The SMILES string of the molecule is C=CCn1c(COc2ccc(C)cc2)nnc1SCC(=O)Nc1sc2c(c1C(=O)OC(C)C)CCCC2. The number of aromatic nitrogens is 3. The van der Waals surface area contributed by atoms with Gasteiger partial charge in [-0.05, 0) is 64.2 Å². The second kappa shape index (κ2) is 12.4. The van der Waals surface area contributed by atoms with E-state index < -0.39 is 0 Å². The Kier molecular flexibility index (Phi) is 9.04. The first-order valence-electron chi connectivity index (χ1n) is 12.4. The molecular formula is C27H32N4O4S2. The number of thioether (sulfide) groups is 1. The van der Waals surface area contributed by atoms with Gasteiger partial charge in [-0.3, -0.25) is 9.36 Å². The topological polar surface area (TPSA) is 95.3 Å². The van der Waals surface area contributed by atoms with E-state index in [0.29, 0.717) is 28.1 Å². The minimum Gasteiger partial charge on any atom is -0.486 e. The number of anilines is 1. The average molecular weight is 541 g/mol. The van der Waals surface area contributed by atoms with Crippen LogP contribution in [0, 0.1) is 6.92 Å². The van der Waals surface area contributed by atoms with Gasteiger partial charge >= 0.3 is 5.97 Å². The van der Waals surface area contributed by atoms with Crippen molar-refractivity contribution < 1.29 is 19.1 Å². The zero-order valence-corrected chi connectivity index (χ0v) is 23.0. The van der Waals surface area contributed by atoms with Gasteiger partial charge in [0.25, 0.3) is 0 Å². The number of carbonyl (C=O) groups is 2. The van der Waals surface area contributed by atoms with Crippen molar-refractivity contribution in [3.05, 3.63) is 64.3 Å². The molecule has 0 aliphatic heterocycles. The minimum absolute atomic E-state index is 0.120. The largest absolute Gasteiger partial charge is 0.486 e. The van der Waals surface area contributed by atoms with Crippen LogP contribution in [0.15, 0.2) is 42.1 Å². The Morgan fingerprint density at radius 2 is 1.97 bits per heavy atom. The third kappa shape index (κ3) is 6.81. The molecule has 196 valence electrons. The van der Waals surface area contributed by atoms with Crippen LogP contribution in [-0.2, 0) is 35.5 Å². The van der Waals surface area contributed by atoms with Crippen LogP contribution >= 0.6 is 23.1 Å². The molecule has 0 unspecified atom stereocenters. The summed E-state index contributed by atoms with van der Waals surface area (Å²) in [7, 11) is 0. The van der Waals surface area contributed by atoms with Crippen LogP contribution in [-0.4, -0.2) is 38.5 Å². The minimum atomic E-state index is -0.374. The zero-order valence-electron chi connectivity index (χ0n) is 21.4. The summed E-state index contributed by atoms with van der Waals surface area (Å²) < 4.78 is 13.2. The fraction of sp³-hybridized carbons (Fsp3) is 0.407. The Morgan fingerprint density at radius 1 is 1.22 bits per heavy atom. The number of aryl methyl sites for hydroxylation is 2. The Labute approximate surface area is 225 Å². The number of amides is 1. The van der Waals surface area contributed by atoms with Gasteiger partial charge in [-0.25, -0.2) is 4.79 Å². The molecule has 2 heterocycles. The highest BCUT2D eigenvalue weighted by Gasteiger charge is 2.28. The quantitative estimate of drug-likeness (QED) is 0.192. The summed E-state index contributed by atoms with van der Waals surface area (Å²) in [6.45, 7) is 10.2. The fourth-order valence-electron chi connectivity index (χ4n) is 4.06. The number of rotatable bonds is 11. The first kappa shape index (κ1) is 26.9. The zero-order chi connectivity index (χ0) is 26.4. The normalized spacial score (nSPS) is 12.8. The van der Waals surface area contributed by atoms with Crippen LogP contribution < -0.4 is 10.1 Å². The number of thiophene rings is 1. The third-order valence-electron chi connectivity index (χ3n) is 5.80. The van der Waals surface area contributed by atoms with E-state index in [0.717, 1.165) is 47.4 Å². The average Bonchev–Trinajstić information content (AvgIpc) is 3.42. The number of hydrogen-bond acceptors (Lipinski definition) is 8. The summed E-state index contributed by atoms with van der Waals surface area (Å²) in [5.74, 6) is 0.926. The number of nitrogens with zero attached hydrogens (tertiary/aromatic N) is 3. The lowest BCUT2D eigenvalue weighted by molar-refractivity contribution is -0.113. The molecule has 1 amide bonds. The highest BCUT2D eigenvalue weighted by molar-refractivity contribution is 7.99. The summed E-state index contributed by atoms with van der Waals surface area (Å²) in [5, 5.41) is 12.7. The second-order valence-electron chi connectivity index (χ2n) is 9.11. The lowest BCUT2D eigenvalue weighted by Gasteiger charge is -2.14. The van der Waals surface area contributed by atoms with E-state index in [1.807, 2.05) is 49.6 Å². The summed E-state index contributed by atoms with van der Waals surface area (Å²) in [4.78, 5) is 26.9. The Bertz CT molecular complexity index is 1260. The molecule has 2 aromatic heterocycles. The van der Waals surface area contributed by atoms with Crippen molar-refractivity contribution in [2.45, 2.75) is 70.9 Å². The van der Waals surface area contributed by atoms with Gasteiger partial charge < -0.3 is 14.8 Å². The summed E-state index contributed by atoms with van der Waals surface area (Å²) >= 11 is 2.76.